The molecule has 12 heteroatoms. The average molecular weight is 715 g/mol. The van der Waals surface area contributed by atoms with Crippen LogP contribution in [-0.2, 0) is 6.54 Å². The number of likely N-dealkylation sites (N-methyl/N-ethyl adjacent to an activating group) is 1. The maximum Gasteiger partial charge on any atom is 0.337 e. The van der Waals surface area contributed by atoms with Gasteiger partial charge in [0.15, 0.2) is 5.65 Å². The van der Waals surface area contributed by atoms with Gasteiger partial charge >= 0.3 is 5.69 Å². The van der Waals surface area contributed by atoms with Crippen LogP contribution >= 0.6 is 0 Å². The number of rotatable bonds is 7. The van der Waals surface area contributed by atoms with Gasteiger partial charge in [0.25, 0.3) is 11.5 Å². The number of benzene rings is 2. The standard InChI is InChI=1S/C41H43FN8O3/c1-27-6-3-9-37-45-36(26-48(27)37)39(51)44-32-14-16-33(17-15-32)50-40(52)35-23-31(42)24-43-38(35)49(41(50)53)34-8-4-7-30(22-34)29-12-10-28(11-13-29)25-47-19-5-18-46(2)20-21-47/h3-4,6-13,22-24,26,32-33H,5,14-21,25H2,1-2H3,(H,44,51)/t32-,33+. The van der Waals surface area contributed by atoms with E-state index in [1.807, 2.05) is 53.8 Å². The monoisotopic (exact) mass is 714 g/mol. The number of carbonyl (C=O) groups is 1. The maximum atomic E-state index is 14.6. The van der Waals surface area contributed by atoms with Gasteiger partial charge < -0.3 is 14.6 Å². The summed E-state index contributed by atoms with van der Waals surface area (Å²) in [5.41, 5.74) is 4.71. The van der Waals surface area contributed by atoms with Gasteiger partial charge in [0, 0.05) is 43.6 Å². The van der Waals surface area contributed by atoms with Crippen molar-refractivity contribution in [3.63, 3.8) is 0 Å². The Hall–Kier alpha value is -5.46. The van der Waals surface area contributed by atoms with Gasteiger partial charge in [-0.15, -0.1) is 0 Å². The van der Waals surface area contributed by atoms with Crippen LogP contribution in [0.1, 0.15) is 59.9 Å². The largest absolute Gasteiger partial charge is 0.348 e. The number of aryl methyl sites for hydroxylation is 1. The van der Waals surface area contributed by atoms with Crippen LogP contribution in [0, 0.1) is 12.7 Å². The molecule has 8 rings (SSSR count). The summed E-state index contributed by atoms with van der Waals surface area (Å²) in [7, 11) is 2.17. The van der Waals surface area contributed by atoms with Crippen molar-refractivity contribution in [1.82, 2.24) is 38.6 Å². The lowest BCUT2D eigenvalue weighted by Crippen LogP contribution is -2.45. The Labute approximate surface area is 306 Å². The quantitative estimate of drug-likeness (QED) is 0.237. The molecule has 0 atom stereocenters. The van der Waals surface area contributed by atoms with Gasteiger partial charge in [0.05, 0.1) is 17.3 Å². The maximum absolute atomic E-state index is 14.6. The van der Waals surface area contributed by atoms with Gasteiger partial charge in [-0.05, 0) is 106 Å². The molecule has 11 nitrogen and oxygen atoms in total. The second kappa shape index (κ2) is 14.5. The SMILES string of the molecule is Cc1cccc2nc(C(=O)N[C@H]3CC[C@@H](n4c(=O)c5cc(F)cnc5n(-c5cccc(-c6ccc(CN7CCCN(C)CC7)cc6)c5)c4=O)CC3)cn12. The Kier molecular flexibility index (Phi) is 9.48. The number of aromatic nitrogens is 5. The first kappa shape index (κ1) is 34.6. The summed E-state index contributed by atoms with van der Waals surface area (Å²) in [5, 5.41) is 3.13. The molecule has 6 aromatic rings. The fourth-order valence-corrected chi connectivity index (χ4v) is 7.88. The number of halogens is 1. The summed E-state index contributed by atoms with van der Waals surface area (Å²) in [5.74, 6) is -0.913. The molecule has 0 radical (unpaired) electrons. The number of imidazole rings is 1. The first-order valence-corrected chi connectivity index (χ1v) is 18.4. The van der Waals surface area contributed by atoms with Gasteiger partial charge in [-0.3, -0.25) is 19.1 Å². The lowest BCUT2D eigenvalue weighted by molar-refractivity contribution is 0.0917. The van der Waals surface area contributed by atoms with Crippen molar-refractivity contribution in [2.75, 3.05) is 33.2 Å². The van der Waals surface area contributed by atoms with E-state index in [0.29, 0.717) is 42.7 Å². The number of hydrogen-bond acceptors (Lipinski definition) is 7. The van der Waals surface area contributed by atoms with Crippen molar-refractivity contribution in [2.45, 2.75) is 57.7 Å². The summed E-state index contributed by atoms with van der Waals surface area (Å²) in [4.78, 5) is 55.0. The smallest absolute Gasteiger partial charge is 0.337 e. The molecule has 2 aromatic carbocycles. The first-order chi connectivity index (χ1) is 25.7. The van der Waals surface area contributed by atoms with Crippen LogP contribution in [0.4, 0.5) is 4.39 Å². The fraction of sp³-hybridized carbons (Fsp3) is 0.341. The summed E-state index contributed by atoms with van der Waals surface area (Å²) in [6.07, 6.45) is 6.02. The molecule has 5 heterocycles. The Morgan fingerprint density at radius 2 is 1.70 bits per heavy atom. The molecular weight excluding hydrogens is 672 g/mol. The second-order valence-electron chi connectivity index (χ2n) is 14.5. The molecule has 53 heavy (non-hydrogen) atoms. The van der Waals surface area contributed by atoms with Crippen LogP contribution in [0.25, 0.3) is 33.5 Å². The van der Waals surface area contributed by atoms with Gasteiger partial charge in [-0.25, -0.2) is 23.7 Å². The van der Waals surface area contributed by atoms with Crippen molar-refractivity contribution >= 4 is 22.6 Å². The zero-order valence-electron chi connectivity index (χ0n) is 30.0. The molecular formula is C41H43FN8O3. The van der Waals surface area contributed by atoms with Gasteiger partial charge in [0.1, 0.15) is 17.2 Å². The van der Waals surface area contributed by atoms with E-state index in [1.54, 1.807) is 6.20 Å². The Morgan fingerprint density at radius 3 is 2.49 bits per heavy atom. The van der Waals surface area contributed by atoms with E-state index < -0.39 is 23.1 Å². The van der Waals surface area contributed by atoms with Crippen LogP contribution < -0.4 is 16.6 Å². The molecule has 272 valence electrons. The third-order valence-electron chi connectivity index (χ3n) is 10.8. The molecule has 2 aliphatic rings. The molecule has 1 aliphatic heterocycles. The molecule has 0 spiro atoms. The van der Waals surface area contributed by atoms with Crippen LogP contribution in [0.5, 0.6) is 0 Å². The summed E-state index contributed by atoms with van der Waals surface area (Å²) in [6.45, 7) is 7.17. The number of amides is 1. The Balaban J connectivity index is 1.04. The third-order valence-corrected chi connectivity index (χ3v) is 10.8. The molecule has 1 aliphatic carbocycles. The van der Waals surface area contributed by atoms with Gasteiger partial charge in [-0.1, -0.05) is 42.5 Å². The van der Waals surface area contributed by atoms with Crippen molar-refractivity contribution in [3.05, 3.63) is 129 Å². The highest BCUT2D eigenvalue weighted by Gasteiger charge is 2.29. The minimum Gasteiger partial charge on any atom is -0.348 e. The lowest BCUT2D eigenvalue weighted by atomic mass is 9.90. The fourth-order valence-electron chi connectivity index (χ4n) is 7.88. The van der Waals surface area contributed by atoms with Gasteiger partial charge in [0.2, 0.25) is 0 Å². The lowest BCUT2D eigenvalue weighted by Gasteiger charge is -2.30. The molecule has 0 bridgehead atoms. The molecule has 4 aromatic heterocycles. The second-order valence-corrected chi connectivity index (χ2v) is 14.5. The number of nitrogens with zero attached hydrogens (tertiary/aromatic N) is 7. The normalized spacial score (nSPS) is 18.7. The van der Waals surface area contributed by atoms with Crippen LogP contribution in [0.2, 0.25) is 0 Å². The minimum absolute atomic E-state index is 0.0385. The summed E-state index contributed by atoms with van der Waals surface area (Å²) in [6, 6.07) is 22.4. The van der Waals surface area contributed by atoms with E-state index in [0.717, 1.165) is 68.2 Å². The van der Waals surface area contributed by atoms with Crippen molar-refractivity contribution in [2.24, 2.45) is 0 Å². The van der Waals surface area contributed by atoms with Crippen molar-refractivity contribution < 1.29 is 9.18 Å². The third kappa shape index (κ3) is 7.04. The highest BCUT2D eigenvalue weighted by Crippen LogP contribution is 2.29. The molecule has 1 amide bonds. The van der Waals surface area contributed by atoms with E-state index in [1.165, 1.54) is 14.7 Å². The zero-order chi connectivity index (χ0) is 36.6. The Bertz CT molecular complexity index is 2430. The predicted molar refractivity (Wildman–Crippen MR) is 203 cm³/mol. The van der Waals surface area contributed by atoms with Gasteiger partial charge in [-0.2, -0.15) is 0 Å². The van der Waals surface area contributed by atoms with E-state index in [-0.39, 0.29) is 23.0 Å². The topological polar surface area (TPSA) is 110 Å². The number of hydrogen-bond donors (Lipinski definition) is 1. The van der Waals surface area contributed by atoms with E-state index in [2.05, 4.69) is 56.4 Å². The molecule has 1 saturated heterocycles. The first-order valence-electron chi connectivity index (χ1n) is 18.4. The number of carbonyl (C=O) groups excluding carboxylic acids is 1. The highest BCUT2D eigenvalue weighted by molar-refractivity contribution is 5.93. The number of pyridine rings is 2. The minimum atomic E-state index is -0.652. The van der Waals surface area contributed by atoms with Crippen molar-refractivity contribution in [3.8, 4) is 16.8 Å². The summed E-state index contributed by atoms with van der Waals surface area (Å²) < 4.78 is 19.1. The van der Waals surface area contributed by atoms with Crippen LogP contribution in [0.3, 0.4) is 0 Å². The molecule has 1 N–H and O–H groups in total. The van der Waals surface area contributed by atoms with Crippen molar-refractivity contribution in [1.29, 1.82) is 0 Å². The van der Waals surface area contributed by atoms with E-state index >= 15 is 0 Å². The molecule has 1 saturated carbocycles. The average Bonchev–Trinajstić information content (AvgIpc) is 3.51. The van der Waals surface area contributed by atoms with E-state index in [4.69, 9.17) is 0 Å². The van der Waals surface area contributed by atoms with Crippen LogP contribution in [0.15, 0.2) is 94.8 Å². The summed E-state index contributed by atoms with van der Waals surface area (Å²) >= 11 is 0. The number of nitrogens with one attached hydrogen (secondary N) is 1. The predicted octanol–water partition coefficient (Wildman–Crippen LogP) is 5.36. The van der Waals surface area contributed by atoms with E-state index in [9.17, 15) is 18.8 Å². The van der Waals surface area contributed by atoms with Crippen LogP contribution in [-0.4, -0.2) is 78.5 Å². The number of fused-ring (bicyclic) bond motifs is 2. The zero-order valence-corrected chi connectivity index (χ0v) is 30.0. The Morgan fingerprint density at radius 1 is 0.906 bits per heavy atom. The molecule has 0 unspecified atom stereocenters. The highest BCUT2D eigenvalue weighted by atomic mass is 19.1. The molecule has 2 fully saturated rings.